The van der Waals surface area contributed by atoms with E-state index < -0.39 is 23.4 Å². The minimum atomic E-state index is -1.22. The van der Waals surface area contributed by atoms with Gasteiger partial charge in [-0.1, -0.05) is 0 Å². The lowest BCUT2D eigenvalue weighted by molar-refractivity contribution is -0.122. The zero-order valence-electron chi connectivity index (χ0n) is 9.51. The Morgan fingerprint density at radius 3 is 2.56 bits per heavy atom. The minimum Gasteiger partial charge on any atom is -0.370 e. The molecule has 3 N–H and O–H groups in total. The first-order valence-corrected chi connectivity index (χ1v) is 5.21. The van der Waals surface area contributed by atoms with E-state index in [9.17, 15) is 18.0 Å². The summed E-state index contributed by atoms with van der Waals surface area (Å²) in [6, 6.07) is 1.29. The largest absolute Gasteiger partial charge is 0.370 e. The maximum atomic E-state index is 13.2. The lowest BCUT2D eigenvalue weighted by atomic mass is 10.2. The summed E-state index contributed by atoms with van der Waals surface area (Å²) in [6.07, 6.45) is 0. The normalized spacial score (nSPS) is 10.6. The standard InChI is InChI=1S/C11H13F3N2O2/c12-8-4-10(14)9(13)3-7(8)5-16-1-2-18-6-11(15)17/h3-4,16H,1-2,5-6H2,(H2,15,17). The van der Waals surface area contributed by atoms with Crippen LogP contribution in [0.4, 0.5) is 13.2 Å². The first kappa shape index (κ1) is 14.5. The maximum Gasteiger partial charge on any atom is 0.243 e. The lowest BCUT2D eigenvalue weighted by Crippen LogP contribution is -2.24. The second-order valence-corrected chi connectivity index (χ2v) is 3.55. The van der Waals surface area contributed by atoms with E-state index in [2.05, 4.69) is 5.32 Å². The van der Waals surface area contributed by atoms with Gasteiger partial charge in [0.1, 0.15) is 12.4 Å². The second kappa shape index (κ2) is 6.97. The van der Waals surface area contributed by atoms with Gasteiger partial charge in [-0.05, 0) is 6.07 Å². The van der Waals surface area contributed by atoms with Gasteiger partial charge in [-0.2, -0.15) is 0 Å². The van der Waals surface area contributed by atoms with Crippen LogP contribution in [0.2, 0.25) is 0 Å². The van der Waals surface area contributed by atoms with Crippen molar-refractivity contribution in [3.05, 3.63) is 35.1 Å². The fraction of sp³-hybridized carbons (Fsp3) is 0.364. The van der Waals surface area contributed by atoms with Crippen LogP contribution in [0.1, 0.15) is 5.56 Å². The van der Waals surface area contributed by atoms with E-state index >= 15 is 0 Å². The van der Waals surface area contributed by atoms with Crippen LogP contribution < -0.4 is 11.1 Å². The molecule has 0 radical (unpaired) electrons. The van der Waals surface area contributed by atoms with Crippen LogP contribution in [0.25, 0.3) is 0 Å². The van der Waals surface area contributed by atoms with E-state index in [1.54, 1.807) is 0 Å². The Balaban J connectivity index is 2.31. The molecular formula is C11H13F3N2O2. The summed E-state index contributed by atoms with van der Waals surface area (Å²) in [6.45, 7) is 0.365. The Morgan fingerprint density at radius 1 is 1.22 bits per heavy atom. The Morgan fingerprint density at radius 2 is 1.89 bits per heavy atom. The minimum absolute atomic E-state index is 0.0174. The molecule has 0 unspecified atom stereocenters. The van der Waals surface area contributed by atoms with Gasteiger partial charge in [0.05, 0.1) is 6.61 Å². The van der Waals surface area contributed by atoms with Crippen molar-refractivity contribution in [2.24, 2.45) is 5.73 Å². The van der Waals surface area contributed by atoms with E-state index in [1.165, 1.54) is 0 Å². The topological polar surface area (TPSA) is 64.4 Å². The number of carbonyl (C=O) groups is 1. The summed E-state index contributed by atoms with van der Waals surface area (Å²) in [5, 5.41) is 2.76. The molecule has 0 atom stereocenters. The number of nitrogens with one attached hydrogen (secondary N) is 1. The van der Waals surface area contributed by atoms with Crippen molar-refractivity contribution in [2.45, 2.75) is 6.54 Å². The highest BCUT2D eigenvalue weighted by Gasteiger charge is 2.09. The summed E-state index contributed by atoms with van der Waals surface area (Å²) >= 11 is 0. The SMILES string of the molecule is NC(=O)COCCNCc1cc(F)c(F)cc1F. The molecule has 0 fully saturated rings. The highest BCUT2D eigenvalue weighted by atomic mass is 19.2. The summed E-state index contributed by atoms with van der Waals surface area (Å²) in [5.74, 6) is -3.72. The Kier molecular flexibility index (Phi) is 5.60. The molecule has 0 aliphatic heterocycles. The number of halogens is 3. The van der Waals surface area contributed by atoms with E-state index in [4.69, 9.17) is 10.5 Å². The number of hydrogen-bond acceptors (Lipinski definition) is 3. The monoisotopic (exact) mass is 262 g/mol. The number of hydrogen-bond donors (Lipinski definition) is 2. The Hall–Kier alpha value is -1.60. The van der Waals surface area contributed by atoms with Crippen LogP contribution in [0.3, 0.4) is 0 Å². The first-order chi connectivity index (χ1) is 8.50. The molecule has 1 aromatic carbocycles. The van der Waals surface area contributed by atoms with Gasteiger partial charge in [0.25, 0.3) is 0 Å². The third-order valence-electron chi connectivity index (χ3n) is 2.07. The highest BCUT2D eigenvalue weighted by molar-refractivity contribution is 5.74. The third-order valence-corrected chi connectivity index (χ3v) is 2.07. The van der Waals surface area contributed by atoms with Crippen LogP contribution in [-0.4, -0.2) is 25.7 Å². The molecular weight excluding hydrogens is 249 g/mol. The number of carbonyl (C=O) groups excluding carboxylic acids is 1. The number of ether oxygens (including phenoxy) is 1. The maximum absolute atomic E-state index is 13.2. The van der Waals surface area contributed by atoms with E-state index in [1.807, 2.05) is 0 Å². The first-order valence-electron chi connectivity index (χ1n) is 5.21. The molecule has 4 nitrogen and oxygen atoms in total. The van der Waals surface area contributed by atoms with E-state index in [-0.39, 0.29) is 25.3 Å². The molecule has 1 rings (SSSR count). The highest BCUT2D eigenvalue weighted by Crippen LogP contribution is 2.13. The van der Waals surface area contributed by atoms with Gasteiger partial charge >= 0.3 is 0 Å². The van der Waals surface area contributed by atoms with Gasteiger partial charge in [-0.15, -0.1) is 0 Å². The van der Waals surface area contributed by atoms with E-state index in [0.29, 0.717) is 12.6 Å². The number of benzene rings is 1. The molecule has 0 heterocycles. The van der Waals surface area contributed by atoms with Crippen LogP contribution in [-0.2, 0) is 16.1 Å². The molecule has 0 saturated carbocycles. The van der Waals surface area contributed by atoms with Crippen LogP contribution in [0.5, 0.6) is 0 Å². The number of nitrogens with two attached hydrogens (primary N) is 1. The summed E-state index contributed by atoms with van der Waals surface area (Å²) in [7, 11) is 0. The quantitative estimate of drug-likeness (QED) is 0.561. The zero-order chi connectivity index (χ0) is 13.5. The summed E-state index contributed by atoms with van der Waals surface area (Å²) in [4.78, 5) is 10.3. The molecule has 7 heteroatoms. The van der Waals surface area contributed by atoms with Crippen LogP contribution >= 0.6 is 0 Å². The number of primary amides is 1. The van der Waals surface area contributed by atoms with Crippen molar-refractivity contribution in [2.75, 3.05) is 19.8 Å². The third kappa shape index (κ3) is 4.72. The van der Waals surface area contributed by atoms with Crippen molar-refractivity contribution >= 4 is 5.91 Å². The van der Waals surface area contributed by atoms with Crippen LogP contribution in [0.15, 0.2) is 12.1 Å². The molecule has 0 saturated heterocycles. The molecule has 0 spiro atoms. The molecule has 0 aliphatic carbocycles. The van der Waals surface area contributed by atoms with E-state index in [0.717, 1.165) is 6.07 Å². The second-order valence-electron chi connectivity index (χ2n) is 3.55. The smallest absolute Gasteiger partial charge is 0.243 e. The van der Waals surface area contributed by atoms with Crippen molar-refractivity contribution in [1.82, 2.24) is 5.32 Å². The van der Waals surface area contributed by atoms with Crippen molar-refractivity contribution in [3.8, 4) is 0 Å². The molecule has 0 aliphatic rings. The van der Waals surface area contributed by atoms with Crippen molar-refractivity contribution in [3.63, 3.8) is 0 Å². The van der Waals surface area contributed by atoms with Gasteiger partial charge in [-0.3, -0.25) is 4.79 Å². The Bertz CT molecular complexity index is 427. The number of amides is 1. The van der Waals surface area contributed by atoms with Gasteiger partial charge in [-0.25, -0.2) is 13.2 Å². The van der Waals surface area contributed by atoms with Gasteiger partial charge in [0.15, 0.2) is 11.6 Å². The molecule has 1 aromatic rings. The Labute approximate surface area is 102 Å². The average molecular weight is 262 g/mol. The fourth-order valence-electron chi connectivity index (χ4n) is 1.24. The van der Waals surface area contributed by atoms with Crippen LogP contribution in [0, 0.1) is 17.5 Å². The number of rotatable bonds is 7. The predicted octanol–water partition coefficient (Wildman–Crippen LogP) is 0.695. The molecule has 0 bridgehead atoms. The average Bonchev–Trinajstić information content (AvgIpc) is 2.29. The lowest BCUT2D eigenvalue weighted by Gasteiger charge is -2.06. The molecule has 1 amide bonds. The molecule has 100 valence electrons. The summed E-state index contributed by atoms with van der Waals surface area (Å²) < 4.78 is 43.5. The van der Waals surface area contributed by atoms with Gasteiger partial charge < -0.3 is 15.8 Å². The van der Waals surface area contributed by atoms with Crippen molar-refractivity contribution < 1.29 is 22.7 Å². The molecule has 18 heavy (non-hydrogen) atoms. The van der Waals surface area contributed by atoms with Crippen molar-refractivity contribution in [1.29, 1.82) is 0 Å². The predicted molar refractivity (Wildman–Crippen MR) is 58.0 cm³/mol. The summed E-state index contributed by atoms with van der Waals surface area (Å²) in [5.41, 5.74) is 4.86. The van der Waals surface area contributed by atoms with Gasteiger partial charge in [0.2, 0.25) is 5.91 Å². The van der Waals surface area contributed by atoms with Gasteiger partial charge in [0, 0.05) is 24.7 Å². The zero-order valence-corrected chi connectivity index (χ0v) is 9.51. The fourth-order valence-corrected chi connectivity index (χ4v) is 1.24. The molecule has 0 aromatic heterocycles.